The summed E-state index contributed by atoms with van der Waals surface area (Å²) < 4.78 is 5.43. The van der Waals surface area contributed by atoms with Gasteiger partial charge in [0.25, 0.3) is 0 Å². The molecule has 1 aliphatic rings. The Bertz CT molecular complexity index is 326. The van der Waals surface area contributed by atoms with Gasteiger partial charge in [-0.05, 0) is 18.1 Å². The molecular weight excluding hydrogens is 200 g/mol. The van der Waals surface area contributed by atoms with Crippen molar-refractivity contribution in [1.29, 1.82) is 0 Å². The fourth-order valence-electron chi connectivity index (χ4n) is 2.28. The molecule has 0 unspecified atom stereocenters. The van der Waals surface area contributed by atoms with Gasteiger partial charge in [-0.25, -0.2) is 0 Å². The SMILES string of the molecule is O=C(COc1ccccc1)CC1CCCC1. The second kappa shape index (κ2) is 5.69. The first kappa shape index (κ1) is 11.2. The number of hydrogen-bond acceptors (Lipinski definition) is 2. The minimum atomic E-state index is 0.223. The maximum Gasteiger partial charge on any atom is 0.170 e. The van der Waals surface area contributed by atoms with Crippen LogP contribution in [0.25, 0.3) is 0 Å². The fraction of sp³-hybridized carbons (Fsp3) is 0.500. The Hall–Kier alpha value is -1.31. The predicted octanol–water partition coefficient (Wildman–Crippen LogP) is 3.21. The van der Waals surface area contributed by atoms with E-state index in [0.29, 0.717) is 12.3 Å². The van der Waals surface area contributed by atoms with Crippen LogP contribution in [0.1, 0.15) is 32.1 Å². The van der Waals surface area contributed by atoms with Crippen molar-refractivity contribution < 1.29 is 9.53 Å². The van der Waals surface area contributed by atoms with E-state index in [9.17, 15) is 4.79 Å². The minimum absolute atomic E-state index is 0.223. The van der Waals surface area contributed by atoms with Crippen molar-refractivity contribution in [2.75, 3.05) is 6.61 Å². The van der Waals surface area contributed by atoms with Crippen molar-refractivity contribution >= 4 is 5.78 Å². The zero-order valence-corrected chi connectivity index (χ0v) is 9.52. The van der Waals surface area contributed by atoms with Crippen LogP contribution in [0.15, 0.2) is 30.3 Å². The van der Waals surface area contributed by atoms with Crippen LogP contribution >= 0.6 is 0 Å². The Kier molecular flexibility index (Phi) is 3.97. The standard InChI is InChI=1S/C14H18O2/c15-13(10-12-6-4-5-7-12)11-16-14-8-2-1-3-9-14/h1-3,8-9,12H,4-7,10-11H2. The smallest absolute Gasteiger partial charge is 0.170 e. The molecule has 16 heavy (non-hydrogen) atoms. The van der Waals surface area contributed by atoms with Gasteiger partial charge in [0.2, 0.25) is 0 Å². The summed E-state index contributed by atoms with van der Waals surface area (Å²) in [6, 6.07) is 9.52. The number of hydrogen-bond donors (Lipinski definition) is 0. The largest absolute Gasteiger partial charge is 0.486 e. The lowest BCUT2D eigenvalue weighted by molar-refractivity contribution is -0.121. The highest BCUT2D eigenvalue weighted by atomic mass is 16.5. The number of Topliss-reactive ketones (excluding diaryl/α,β-unsaturated/α-hetero) is 1. The van der Waals surface area contributed by atoms with Gasteiger partial charge < -0.3 is 4.74 Å². The molecule has 0 bridgehead atoms. The first-order valence-corrected chi connectivity index (χ1v) is 6.04. The summed E-state index contributed by atoms with van der Waals surface area (Å²) in [5.41, 5.74) is 0. The van der Waals surface area contributed by atoms with Gasteiger partial charge in [0.1, 0.15) is 12.4 Å². The Morgan fingerprint density at radius 2 is 1.88 bits per heavy atom. The Labute approximate surface area is 96.6 Å². The van der Waals surface area contributed by atoms with E-state index in [1.54, 1.807) is 0 Å². The molecule has 1 aromatic carbocycles. The Morgan fingerprint density at radius 3 is 2.56 bits per heavy atom. The third-order valence-corrected chi connectivity index (χ3v) is 3.13. The molecule has 0 heterocycles. The summed E-state index contributed by atoms with van der Waals surface area (Å²) in [6.07, 6.45) is 5.72. The van der Waals surface area contributed by atoms with Crippen LogP contribution in [0.4, 0.5) is 0 Å². The van der Waals surface area contributed by atoms with Gasteiger partial charge in [0, 0.05) is 6.42 Å². The summed E-state index contributed by atoms with van der Waals surface area (Å²) in [4.78, 5) is 11.6. The molecular formula is C14H18O2. The van der Waals surface area contributed by atoms with E-state index < -0.39 is 0 Å². The molecule has 0 radical (unpaired) electrons. The normalized spacial score (nSPS) is 16.2. The summed E-state index contributed by atoms with van der Waals surface area (Å²) in [5, 5.41) is 0. The van der Waals surface area contributed by atoms with Crippen LogP contribution in [0.5, 0.6) is 5.75 Å². The maximum atomic E-state index is 11.6. The van der Waals surface area contributed by atoms with Gasteiger partial charge in [-0.2, -0.15) is 0 Å². The zero-order chi connectivity index (χ0) is 11.2. The highest BCUT2D eigenvalue weighted by Crippen LogP contribution is 2.27. The maximum absolute atomic E-state index is 11.6. The molecule has 0 aliphatic heterocycles. The first-order chi connectivity index (χ1) is 7.84. The van der Waals surface area contributed by atoms with Crippen molar-refractivity contribution in [1.82, 2.24) is 0 Å². The second-order valence-corrected chi connectivity index (χ2v) is 4.50. The average molecular weight is 218 g/mol. The quantitative estimate of drug-likeness (QED) is 0.758. The number of carbonyl (C=O) groups excluding carboxylic acids is 1. The third kappa shape index (κ3) is 3.37. The third-order valence-electron chi connectivity index (χ3n) is 3.13. The molecule has 0 atom stereocenters. The van der Waals surface area contributed by atoms with E-state index in [1.165, 1.54) is 25.7 Å². The van der Waals surface area contributed by atoms with Crippen LogP contribution in [-0.2, 0) is 4.79 Å². The van der Waals surface area contributed by atoms with Crippen molar-refractivity contribution in [3.8, 4) is 5.75 Å². The molecule has 0 aromatic heterocycles. The summed E-state index contributed by atoms with van der Waals surface area (Å²) in [7, 11) is 0. The molecule has 1 aliphatic carbocycles. The fourth-order valence-corrected chi connectivity index (χ4v) is 2.28. The molecule has 1 fully saturated rings. The molecule has 86 valence electrons. The Balaban J connectivity index is 1.71. The van der Waals surface area contributed by atoms with Crippen LogP contribution in [0.2, 0.25) is 0 Å². The van der Waals surface area contributed by atoms with Crippen LogP contribution in [0.3, 0.4) is 0 Å². The van der Waals surface area contributed by atoms with Gasteiger partial charge >= 0.3 is 0 Å². The van der Waals surface area contributed by atoms with Gasteiger partial charge in [-0.15, -0.1) is 0 Å². The molecule has 1 saturated carbocycles. The molecule has 2 nitrogen and oxygen atoms in total. The highest BCUT2D eigenvalue weighted by molar-refractivity contribution is 5.80. The lowest BCUT2D eigenvalue weighted by Crippen LogP contribution is -2.14. The van der Waals surface area contributed by atoms with Crippen LogP contribution in [0, 0.1) is 5.92 Å². The lowest BCUT2D eigenvalue weighted by Gasteiger charge is -2.08. The van der Waals surface area contributed by atoms with Crippen molar-refractivity contribution in [2.24, 2.45) is 5.92 Å². The van der Waals surface area contributed by atoms with E-state index in [1.807, 2.05) is 30.3 Å². The second-order valence-electron chi connectivity index (χ2n) is 4.50. The number of para-hydroxylation sites is 1. The topological polar surface area (TPSA) is 26.3 Å². The monoisotopic (exact) mass is 218 g/mol. The van der Waals surface area contributed by atoms with E-state index >= 15 is 0 Å². The van der Waals surface area contributed by atoms with Gasteiger partial charge in [-0.1, -0.05) is 43.9 Å². The van der Waals surface area contributed by atoms with Gasteiger partial charge in [0.05, 0.1) is 0 Å². The number of rotatable bonds is 5. The van der Waals surface area contributed by atoms with E-state index in [4.69, 9.17) is 4.74 Å². The van der Waals surface area contributed by atoms with Crippen molar-refractivity contribution in [3.05, 3.63) is 30.3 Å². The highest BCUT2D eigenvalue weighted by Gasteiger charge is 2.18. The van der Waals surface area contributed by atoms with Crippen molar-refractivity contribution in [2.45, 2.75) is 32.1 Å². The Morgan fingerprint density at radius 1 is 1.19 bits per heavy atom. The summed E-state index contributed by atoms with van der Waals surface area (Å²) >= 11 is 0. The first-order valence-electron chi connectivity index (χ1n) is 6.04. The minimum Gasteiger partial charge on any atom is -0.486 e. The average Bonchev–Trinajstić information content (AvgIpc) is 2.81. The van der Waals surface area contributed by atoms with Crippen LogP contribution < -0.4 is 4.74 Å². The number of ether oxygens (including phenoxy) is 1. The zero-order valence-electron chi connectivity index (χ0n) is 9.52. The van der Waals surface area contributed by atoms with E-state index in [2.05, 4.69) is 0 Å². The summed E-state index contributed by atoms with van der Waals surface area (Å²) in [6.45, 7) is 0.223. The number of ketones is 1. The number of carbonyl (C=O) groups is 1. The van der Waals surface area contributed by atoms with Gasteiger partial charge in [-0.3, -0.25) is 4.79 Å². The van der Waals surface area contributed by atoms with Crippen LogP contribution in [-0.4, -0.2) is 12.4 Å². The molecule has 0 amide bonds. The van der Waals surface area contributed by atoms with E-state index in [-0.39, 0.29) is 12.4 Å². The van der Waals surface area contributed by atoms with Crippen molar-refractivity contribution in [3.63, 3.8) is 0 Å². The van der Waals surface area contributed by atoms with E-state index in [0.717, 1.165) is 5.75 Å². The molecule has 0 saturated heterocycles. The van der Waals surface area contributed by atoms with Gasteiger partial charge in [0.15, 0.2) is 5.78 Å². The number of benzene rings is 1. The molecule has 2 heteroatoms. The summed E-state index contributed by atoms with van der Waals surface area (Å²) in [5.74, 6) is 1.63. The lowest BCUT2D eigenvalue weighted by atomic mass is 10.0. The molecule has 0 N–H and O–H groups in total. The molecule has 2 rings (SSSR count). The predicted molar refractivity (Wildman–Crippen MR) is 63.5 cm³/mol. The molecule has 0 spiro atoms. The molecule has 1 aromatic rings.